The second-order valence-corrected chi connectivity index (χ2v) is 3.54. The van der Waals surface area contributed by atoms with E-state index in [1.165, 1.54) is 11.1 Å². The molecule has 2 aliphatic rings. The molecule has 2 fully saturated rings. The molecule has 12 heavy (non-hydrogen) atoms. The van der Waals surface area contributed by atoms with Gasteiger partial charge in [-0.3, -0.25) is 0 Å². The summed E-state index contributed by atoms with van der Waals surface area (Å²) in [4.78, 5) is 11.9. The van der Waals surface area contributed by atoms with E-state index < -0.39 is 6.09 Å². The van der Waals surface area contributed by atoms with Gasteiger partial charge in [-0.05, 0) is 12.3 Å². The number of oxime groups is 1. The van der Waals surface area contributed by atoms with Gasteiger partial charge in [0.05, 0.1) is 6.21 Å². The molecule has 5 heteroatoms. The summed E-state index contributed by atoms with van der Waals surface area (Å²) < 4.78 is 0. The summed E-state index contributed by atoms with van der Waals surface area (Å²) in [6.45, 7) is 1.07. The Morgan fingerprint density at radius 1 is 1.75 bits per heavy atom. The van der Waals surface area contributed by atoms with Gasteiger partial charge in [-0.15, -0.1) is 5.16 Å². The van der Waals surface area contributed by atoms with E-state index in [-0.39, 0.29) is 5.41 Å². The maximum absolute atomic E-state index is 10.5. The lowest BCUT2D eigenvalue weighted by Gasteiger charge is -2.14. The fourth-order valence-electron chi connectivity index (χ4n) is 1.99. The summed E-state index contributed by atoms with van der Waals surface area (Å²) in [6.07, 6.45) is 1.55. The maximum atomic E-state index is 10.5. The molecule has 5 nitrogen and oxygen atoms in total. The lowest BCUT2D eigenvalue weighted by Crippen LogP contribution is -2.30. The van der Waals surface area contributed by atoms with Gasteiger partial charge in [0.1, 0.15) is 0 Å². The Labute approximate surface area is 69.3 Å². The van der Waals surface area contributed by atoms with Crippen LogP contribution < -0.4 is 0 Å². The van der Waals surface area contributed by atoms with Crippen molar-refractivity contribution in [2.45, 2.75) is 6.42 Å². The zero-order chi connectivity index (χ0) is 8.77. The van der Waals surface area contributed by atoms with E-state index in [0.717, 1.165) is 6.42 Å². The van der Waals surface area contributed by atoms with Crippen LogP contribution in [0.3, 0.4) is 0 Å². The second kappa shape index (κ2) is 2.12. The number of likely N-dealkylation sites (tertiary alicyclic amines) is 1. The van der Waals surface area contributed by atoms with E-state index in [9.17, 15) is 4.79 Å². The molecule has 2 unspecified atom stereocenters. The van der Waals surface area contributed by atoms with Crippen molar-refractivity contribution in [1.29, 1.82) is 0 Å². The van der Waals surface area contributed by atoms with Gasteiger partial charge >= 0.3 is 6.09 Å². The lowest BCUT2D eigenvalue weighted by atomic mass is 10.1. The minimum atomic E-state index is -0.882. The minimum absolute atomic E-state index is 0.132. The maximum Gasteiger partial charge on any atom is 0.407 e. The molecule has 2 rings (SSSR count). The van der Waals surface area contributed by atoms with Crippen LogP contribution in [-0.2, 0) is 0 Å². The molecule has 0 aromatic heterocycles. The third kappa shape index (κ3) is 0.855. The predicted molar refractivity (Wildman–Crippen MR) is 40.4 cm³/mol. The van der Waals surface area contributed by atoms with Crippen LogP contribution in [0.5, 0.6) is 0 Å². The fourth-order valence-corrected chi connectivity index (χ4v) is 1.99. The zero-order valence-corrected chi connectivity index (χ0v) is 6.47. The quantitative estimate of drug-likeness (QED) is 0.341. The molecule has 2 atom stereocenters. The van der Waals surface area contributed by atoms with Crippen molar-refractivity contribution in [1.82, 2.24) is 4.90 Å². The Morgan fingerprint density at radius 2 is 2.50 bits per heavy atom. The number of hydrogen-bond donors (Lipinski definition) is 2. The van der Waals surface area contributed by atoms with Gasteiger partial charge in [-0.2, -0.15) is 0 Å². The summed E-state index contributed by atoms with van der Waals surface area (Å²) in [5, 5.41) is 20.0. The third-order valence-electron chi connectivity index (χ3n) is 2.79. The molecular weight excluding hydrogens is 160 g/mol. The molecule has 0 spiro atoms. The van der Waals surface area contributed by atoms with Gasteiger partial charge < -0.3 is 15.2 Å². The van der Waals surface area contributed by atoms with Crippen molar-refractivity contribution in [2.75, 3.05) is 13.1 Å². The summed E-state index contributed by atoms with van der Waals surface area (Å²) in [5.74, 6) is 0.379. The van der Waals surface area contributed by atoms with Crippen molar-refractivity contribution >= 4 is 12.3 Å². The van der Waals surface area contributed by atoms with Crippen molar-refractivity contribution in [2.24, 2.45) is 16.5 Å². The van der Waals surface area contributed by atoms with Crippen LogP contribution >= 0.6 is 0 Å². The minimum Gasteiger partial charge on any atom is -0.465 e. The van der Waals surface area contributed by atoms with Gasteiger partial charge in [-0.25, -0.2) is 4.79 Å². The summed E-state index contributed by atoms with van der Waals surface area (Å²) in [7, 11) is 0. The number of piperidine rings is 1. The Hall–Kier alpha value is -1.26. The molecule has 0 radical (unpaired) electrons. The van der Waals surface area contributed by atoms with E-state index in [2.05, 4.69) is 5.16 Å². The highest BCUT2D eigenvalue weighted by atomic mass is 16.4. The topological polar surface area (TPSA) is 73.1 Å². The second-order valence-electron chi connectivity index (χ2n) is 3.54. The predicted octanol–water partition coefficient (Wildman–Crippen LogP) is 0.446. The Bertz CT molecular complexity index is 253. The molecule has 1 saturated carbocycles. The van der Waals surface area contributed by atoms with Crippen LogP contribution in [0.25, 0.3) is 0 Å². The molecule has 66 valence electrons. The van der Waals surface area contributed by atoms with Crippen LogP contribution in [0.2, 0.25) is 0 Å². The van der Waals surface area contributed by atoms with Crippen molar-refractivity contribution in [3.05, 3.63) is 0 Å². The fraction of sp³-hybridized carbons (Fsp3) is 0.714. The highest BCUT2D eigenvalue weighted by Crippen LogP contribution is 2.56. The molecular formula is C7H10N2O3. The van der Waals surface area contributed by atoms with Gasteiger partial charge in [-0.1, -0.05) is 0 Å². The molecule has 1 amide bonds. The summed E-state index contributed by atoms with van der Waals surface area (Å²) in [5.41, 5.74) is -0.132. The number of hydrogen-bond acceptors (Lipinski definition) is 3. The van der Waals surface area contributed by atoms with Crippen molar-refractivity contribution < 1.29 is 15.1 Å². The van der Waals surface area contributed by atoms with Crippen LogP contribution in [0, 0.1) is 11.3 Å². The first kappa shape index (κ1) is 7.39. The molecule has 1 aliphatic carbocycles. The van der Waals surface area contributed by atoms with Crippen molar-refractivity contribution in [3.8, 4) is 0 Å². The van der Waals surface area contributed by atoms with Gasteiger partial charge in [0.2, 0.25) is 0 Å². The van der Waals surface area contributed by atoms with E-state index in [1.54, 1.807) is 0 Å². The molecule has 1 saturated heterocycles. The Balaban J connectivity index is 2.05. The van der Waals surface area contributed by atoms with Crippen LogP contribution in [0.1, 0.15) is 6.42 Å². The van der Waals surface area contributed by atoms with Crippen LogP contribution in [0.15, 0.2) is 5.16 Å². The first-order valence-electron chi connectivity index (χ1n) is 3.84. The first-order chi connectivity index (χ1) is 5.68. The average molecular weight is 170 g/mol. The molecule has 0 aromatic rings. The first-order valence-corrected chi connectivity index (χ1v) is 3.84. The van der Waals surface area contributed by atoms with E-state index >= 15 is 0 Å². The Kier molecular flexibility index (Phi) is 1.31. The zero-order valence-electron chi connectivity index (χ0n) is 6.47. The van der Waals surface area contributed by atoms with Crippen LogP contribution in [0.4, 0.5) is 4.79 Å². The number of rotatable bonds is 1. The molecule has 0 bridgehead atoms. The normalized spacial score (nSPS) is 38.7. The lowest BCUT2D eigenvalue weighted by molar-refractivity contribution is 0.149. The summed E-state index contributed by atoms with van der Waals surface area (Å²) in [6, 6.07) is 0. The standard InChI is InChI=1S/C7H10N2O3/c10-6(11)9-2-5-1-7(5,4-9)3-8-12/h3,5,12H,1-2,4H2,(H,10,11). The van der Waals surface area contributed by atoms with E-state index in [0.29, 0.717) is 19.0 Å². The Morgan fingerprint density at radius 3 is 3.00 bits per heavy atom. The molecule has 2 N–H and O–H groups in total. The van der Waals surface area contributed by atoms with Crippen LogP contribution in [-0.4, -0.2) is 40.6 Å². The summed E-state index contributed by atoms with van der Waals surface area (Å²) >= 11 is 0. The highest BCUT2D eigenvalue weighted by molar-refractivity contribution is 5.75. The highest BCUT2D eigenvalue weighted by Gasteiger charge is 2.60. The number of fused-ring (bicyclic) bond motifs is 1. The smallest absolute Gasteiger partial charge is 0.407 e. The SMILES string of the molecule is O=C(O)N1CC2CC2(C=NO)C1. The van der Waals surface area contributed by atoms with E-state index in [4.69, 9.17) is 10.3 Å². The van der Waals surface area contributed by atoms with Gasteiger partial charge in [0, 0.05) is 18.5 Å². The number of amides is 1. The molecule has 1 heterocycles. The average Bonchev–Trinajstić information content (AvgIpc) is 2.54. The number of carbonyl (C=O) groups is 1. The monoisotopic (exact) mass is 170 g/mol. The van der Waals surface area contributed by atoms with E-state index in [1.807, 2.05) is 0 Å². The largest absolute Gasteiger partial charge is 0.465 e. The van der Waals surface area contributed by atoms with Gasteiger partial charge in [0.25, 0.3) is 0 Å². The molecule has 0 aromatic carbocycles. The number of carboxylic acid groups (broad SMARTS) is 1. The van der Waals surface area contributed by atoms with Crippen molar-refractivity contribution in [3.63, 3.8) is 0 Å². The number of nitrogens with zero attached hydrogens (tertiary/aromatic N) is 2. The third-order valence-corrected chi connectivity index (χ3v) is 2.79. The molecule has 1 aliphatic heterocycles. The van der Waals surface area contributed by atoms with Gasteiger partial charge in [0.15, 0.2) is 0 Å².